The molecular weight excluding hydrogens is 289 g/mol. The Morgan fingerprint density at radius 2 is 1.90 bits per heavy atom. The SMILES string of the molecule is NC(Cc1ccc(F)cc1Cl)c1cnc2ccccc2n1. The van der Waals surface area contributed by atoms with Crippen molar-refractivity contribution in [3.05, 3.63) is 70.8 Å². The summed E-state index contributed by atoms with van der Waals surface area (Å²) in [5.74, 6) is -0.359. The van der Waals surface area contributed by atoms with E-state index in [4.69, 9.17) is 17.3 Å². The van der Waals surface area contributed by atoms with Crippen molar-refractivity contribution in [3.8, 4) is 0 Å². The van der Waals surface area contributed by atoms with E-state index in [0.717, 1.165) is 16.6 Å². The van der Waals surface area contributed by atoms with Gasteiger partial charge in [-0.2, -0.15) is 0 Å². The fourth-order valence-electron chi connectivity index (χ4n) is 2.18. The summed E-state index contributed by atoms with van der Waals surface area (Å²) in [6.45, 7) is 0. The molecule has 3 nitrogen and oxygen atoms in total. The molecule has 2 aromatic carbocycles. The minimum atomic E-state index is -0.359. The lowest BCUT2D eigenvalue weighted by atomic mass is 10.0. The molecule has 0 saturated heterocycles. The smallest absolute Gasteiger partial charge is 0.124 e. The molecule has 2 N–H and O–H groups in total. The molecule has 0 amide bonds. The lowest BCUT2D eigenvalue weighted by Crippen LogP contribution is -2.15. The molecule has 106 valence electrons. The number of benzene rings is 2. The Hall–Kier alpha value is -2.04. The number of hydrogen-bond acceptors (Lipinski definition) is 3. The van der Waals surface area contributed by atoms with Crippen LogP contribution in [-0.2, 0) is 6.42 Å². The van der Waals surface area contributed by atoms with Gasteiger partial charge in [-0.05, 0) is 36.2 Å². The normalized spacial score (nSPS) is 12.5. The summed E-state index contributed by atoms with van der Waals surface area (Å²) in [4.78, 5) is 8.86. The van der Waals surface area contributed by atoms with Gasteiger partial charge in [-0.25, -0.2) is 9.37 Å². The van der Waals surface area contributed by atoms with Gasteiger partial charge < -0.3 is 5.73 Å². The lowest BCUT2D eigenvalue weighted by molar-refractivity contribution is 0.625. The Labute approximate surface area is 126 Å². The van der Waals surface area contributed by atoms with Gasteiger partial charge in [0.15, 0.2) is 0 Å². The highest BCUT2D eigenvalue weighted by Gasteiger charge is 2.12. The van der Waals surface area contributed by atoms with E-state index in [1.807, 2.05) is 24.3 Å². The average Bonchev–Trinajstić information content (AvgIpc) is 2.49. The van der Waals surface area contributed by atoms with E-state index in [-0.39, 0.29) is 11.9 Å². The summed E-state index contributed by atoms with van der Waals surface area (Å²) in [5, 5.41) is 0.374. The standard InChI is InChI=1S/C16H13ClFN3/c17-12-8-11(18)6-5-10(12)7-13(19)16-9-20-14-3-1-2-4-15(14)21-16/h1-6,8-9,13H,7,19H2. The Bertz CT molecular complexity index is 791. The summed E-state index contributed by atoms with van der Waals surface area (Å²) < 4.78 is 13.0. The van der Waals surface area contributed by atoms with Crippen LogP contribution in [0.25, 0.3) is 11.0 Å². The quantitative estimate of drug-likeness (QED) is 0.803. The summed E-state index contributed by atoms with van der Waals surface area (Å²) in [7, 11) is 0. The van der Waals surface area contributed by atoms with E-state index in [1.54, 1.807) is 12.3 Å². The van der Waals surface area contributed by atoms with Gasteiger partial charge in [0.25, 0.3) is 0 Å². The molecule has 1 heterocycles. The summed E-state index contributed by atoms with van der Waals surface area (Å²) in [6.07, 6.45) is 2.15. The van der Waals surface area contributed by atoms with E-state index >= 15 is 0 Å². The molecule has 0 bridgehead atoms. The molecule has 0 radical (unpaired) electrons. The van der Waals surface area contributed by atoms with Gasteiger partial charge in [-0.1, -0.05) is 29.8 Å². The molecule has 1 aromatic heterocycles. The first kappa shape index (κ1) is 13.9. The Kier molecular flexibility index (Phi) is 3.82. The molecule has 5 heteroatoms. The van der Waals surface area contributed by atoms with Crippen molar-refractivity contribution >= 4 is 22.6 Å². The third-order valence-corrected chi connectivity index (χ3v) is 3.65. The van der Waals surface area contributed by atoms with Gasteiger partial charge in [-0.3, -0.25) is 4.98 Å². The topological polar surface area (TPSA) is 51.8 Å². The lowest BCUT2D eigenvalue weighted by Gasteiger charge is -2.12. The van der Waals surface area contributed by atoms with E-state index in [9.17, 15) is 4.39 Å². The largest absolute Gasteiger partial charge is 0.322 e. The van der Waals surface area contributed by atoms with Crippen LogP contribution in [0.15, 0.2) is 48.7 Å². The number of para-hydroxylation sites is 2. The van der Waals surface area contributed by atoms with Crippen molar-refractivity contribution < 1.29 is 4.39 Å². The fraction of sp³-hybridized carbons (Fsp3) is 0.125. The van der Waals surface area contributed by atoms with E-state index in [2.05, 4.69) is 9.97 Å². The van der Waals surface area contributed by atoms with Crippen LogP contribution in [0, 0.1) is 5.82 Å². The highest BCUT2D eigenvalue weighted by molar-refractivity contribution is 6.31. The van der Waals surface area contributed by atoms with Crippen LogP contribution in [0.4, 0.5) is 4.39 Å². The number of halogens is 2. The van der Waals surface area contributed by atoms with Crippen LogP contribution in [0.2, 0.25) is 5.02 Å². The zero-order chi connectivity index (χ0) is 14.8. The van der Waals surface area contributed by atoms with Crippen LogP contribution in [-0.4, -0.2) is 9.97 Å². The van der Waals surface area contributed by atoms with Crippen molar-refractivity contribution in [1.82, 2.24) is 9.97 Å². The van der Waals surface area contributed by atoms with Crippen LogP contribution < -0.4 is 5.73 Å². The summed E-state index contributed by atoms with van der Waals surface area (Å²) in [6, 6.07) is 11.6. The van der Waals surface area contributed by atoms with Crippen LogP contribution >= 0.6 is 11.6 Å². The minimum absolute atomic E-state index is 0.343. The molecule has 0 fully saturated rings. The molecule has 0 spiro atoms. The second-order valence-corrected chi connectivity index (χ2v) is 5.24. The van der Waals surface area contributed by atoms with Gasteiger partial charge in [0.1, 0.15) is 5.82 Å². The molecule has 0 aliphatic heterocycles. The van der Waals surface area contributed by atoms with Crippen molar-refractivity contribution in [2.75, 3.05) is 0 Å². The van der Waals surface area contributed by atoms with E-state index in [0.29, 0.717) is 17.1 Å². The summed E-state index contributed by atoms with van der Waals surface area (Å²) in [5.41, 5.74) is 9.28. The number of rotatable bonds is 3. The molecule has 1 unspecified atom stereocenters. The maximum atomic E-state index is 13.0. The van der Waals surface area contributed by atoms with Gasteiger partial charge in [0.2, 0.25) is 0 Å². The molecule has 21 heavy (non-hydrogen) atoms. The van der Waals surface area contributed by atoms with Gasteiger partial charge in [-0.15, -0.1) is 0 Å². The first-order valence-corrected chi connectivity index (χ1v) is 6.92. The number of nitrogens with two attached hydrogens (primary N) is 1. The second kappa shape index (κ2) is 5.76. The molecular formula is C16H13ClFN3. The predicted molar refractivity (Wildman–Crippen MR) is 81.6 cm³/mol. The Morgan fingerprint density at radius 1 is 1.14 bits per heavy atom. The molecule has 0 saturated carbocycles. The number of aromatic nitrogens is 2. The molecule has 3 aromatic rings. The van der Waals surface area contributed by atoms with E-state index in [1.165, 1.54) is 12.1 Å². The zero-order valence-electron chi connectivity index (χ0n) is 11.1. The average molecular weight is 302 g/mol. The van der Waals surface area contributed by atoms with Crippen LogP contribution in [0.3, 0.4) is 0 Å². The number of nitrogens with zero attached hydrogens (tertiary/aromatic N) is 2. The van der Waals surface area contributed by atoms with Crippen molar-refractivity contribution in [2.24, 2.45) is 5.73 Å². The van der Waals surface area contributed by atoms with Crippen molar-refractivity contribution in [2.45, 2.75) is 12.5 Å². The molecule has 0 aliphatic carbocycles. The van der Waals surface area contributed by atoms with Crippen LogP contribution in [0.1, 0.15) is 17.3 Å². The van der Waals surface area contributed by atoms with Crippen molar-refractivity contribution in [3.63, 3.8) is 0 Å². The number of fused-ring (bicyclic) bond motifs is 1. The first-order chi connectivity index (χ1) is 10.1. The third-order valence-electron chi connectivity index (χ3n) is 3.30. The van der Waals surface area contributed by atoms with Gasteiger partial charge in [0, 0.05) is 5.02 Å². The van der Waals surface area contributed by atoms with E-state index < -0.39 is 0 Å². The zero-order valence-corrected chi connectivity index (χ0v) is 11.9. The van der Waals surface area contributed by atoms with Crippen LogP contribution in [0.5, 0.6) is 0 Å². The maximum absolute atomic E-state index is 13.0. The van der Waals surface area contributed by atoms with Crippen molar-refractivity contribution in [1.29, 1.82) is 0 Å². The molecule has 1 atom stereocenters. The van der Waals surface area contributed by atoms with Gasteiger partial charge >= 0.3 is 0 Å². The second-order valence-electron chi connectivity index (χ2n) is 4.83. The molecule has 3 rings (SSSR count). The first-order valence-electron chi connectivity index (χ1n) is 6.54. The minimum Gasteiger partial charge on any atom is -0.322 e. The maximum Gasteiger partial charge on any atom is 0.124 e. The monoisotopic (exact) mass is 301 g/mol. The fourth-order valence-corrected chi connectivity index (χ4v) is 2.42. The summed E-state index contributed by atoms with van der Waals surface area (Å²) >= 11 is 6.02. The predicted octanol–water partition coefficient (Wildman–Crippen LogP) is 3.66. The number of hydrogen-bond donors (Lipinski definition) is 1. The Morgan fingerprint density at radius 3 is 2.67 bits per heavy atom. The Balaban J connectivity index is 1.87. The highest BCUT2D eigenvalue weighted by atomic mass is 35.5. The third kappa shape index (κ3) is 3.01. The molecule has 0 aliphatic rings. The highest BCUT2D eigenvalue weighted by Crippen LogP contribution is 2.23. The van der Waals surface area contributed by atoms with Gasteiger partial charge in [0.05, 0.1) is 29.0 Å².